The smallest absolute Gasteiger partial charge is 0.252 e. The van der Waals surface area contributed by atoms with Crippen molar-refractivity contribution in [2.75, 3.05) is 18.0 Å². The molecule has 1 amide bonds. The van der Waals surface area contributed by atoms with Crippen LogP contribution in [0.1, 0.15) is 52.5 Å². The Labute approximate surface area is 231 Å². The van der Waals surface area contributed by atoms with Crippen LogP contribution in [0.5, 0.6) is 5.75 Å². The molecule has 1 aliphatic heterocycles. The van der Waals surface area contributed by atoms with Gasteiger partial charge in [-0.1, -0.05) is 18.2 Å². The van der Waals surface area contributed by atoms with Gasteiger partial charge in [0.15, 0.2) is 5.82 Å². The Balaban J connectivity index is 1.32. The zero-order valence-corrected chi connectivity index (χ0v) is 22.2. The number of H-pyrrole nitrogens is 1. The average Bonchev–Trinajstić information content (AvgIpc) is 3.41. The van der Waals surface area contributed by atoms with Crippen LogP contribution in [-0.4, -0.2) is 39.1 Å². The summed E-state index contributed by atoms with van der Waals surface area (Å²) in [6.07, 6.45) is 7.28. The van der Waals surface area contributed by atoms with Crippen molar-refractivity contribution in [1.82, 2.24) is 20.3 Å². The molecule has 0 unspecified atom stereocenters. The van der Waals surface area contributed by atoms with Crippen LogP contribution in [0.3, 0.4) is 0 Å². The van der Waals surface area contributed by atoms with E-state index in [0.717, 1.165) is 40.8 Å². The number of carbonyl (C=O) groups excluding carboxylic acids is 1. The first-order valence-electron chi connectivity index (χ1n) is 13.5. The number of phenolic OH excluding ortho intramolecular Hbond substituents is 1. The average molecular weight is 536 g/mol. The van der Waals surface area contributed by atoms with Crippen molar-refractivity contribution in [3.63, 3.8) is 0 Å². The Kier molecular flexibility index (Phi) is 6.90. The van der Waals surface area contributed by atoms with Crippen molar-refractivity contribution < 1.29 is 14.3 Å². The number of nitrogens with zero attached hydrogens (tertiary/aromatic N) is 3. The van der Waals surface area contributed by atoms with Gasteiger partial charge in [0.1, 0.15) is 11.6 Å². The molecule has 0 spiro atoms. The first kappa shape index (κ1) is 25.6. The number of anilines is 1. The number of aromatic nitrogens is 3. The van der Waals surface area contributed by atoms with Crippen LogP contribution >= 0.6 is 0 Å². The highest BCUT2D eigenvalue weighted by Crippen LogP contribution is 2.32. The van der Waals surface area contributed by atoms with E-state index in [1.54, 1.807) is 12.1 Å². The number of hydrogen-bond acceptors (Lipinski definition) is 5. The molecule has 202 valence electrons. The number of aromatic hydroxyl groups is 1. The fourth-order valence-corrected chi connectivity index (χ4v) is 5.37. The van der Waals surface area contributed by atoms with Crippen LogP contribution in [0.2, 0.25) is 0 Å². The highest BCUT2D eigenvalue weighted by Gasteiger charge is 2.24. The van der Waals surface area contributed by atoms with E-state index in [9.17, 15) is 14.3 Å². The summed E-state index contributed by atoms with van der Waals surface area (Å²) in [7, 11) is 0. The van der Waals surface area contributed by atoms with E-state index >= 15 is 0 Å². The predicted molar refractivity (Wildman–Crippen MR) is 154 cm³/mol. The fourth-order valence-electron chi connectivity index (χ4n) is 5.37. The highest BCUT2D eigenvalue weighted by atomic mass is 19.1. The van der Waals surface area contributed by atoms with Crippen molar-refractivity contribution >= 4 is 22.5 Å². The summed E-state index contributed by atoms with van der Waals surface area (Å²) >= 11 is 0. The normalized spacial score (nSPS) is 14.3. The molecule has 0 bridgehead atoms. The number of carbonyl (C=O) groups is 1. The lowest BCUT2D eigenvalue weighted by Crippen LogP contribution is -2.30. The predicted octanol–water partition coefficient (Wildman–Crippen LogP) is 6.29. The van der Waals surface area contributed by atoms with Crippen molar-refractivity contribution in [2.45, 2.75) is 32.2 Å². The summed E-state index contributed by atoms with van der Waals surface area (Å²) in [6.45, 7) is 3.93. The zero-order chi connectivity index (χ0) is 27.6. The van der Waals surface area contributed by atoms with Crippen molar-refractivity contribution in [3.8, 4) is 17.1 Å². The maximum absolute atomic E-state index is 14.3. The number of benzene rings is 3. The minimum atomic E-state index is -0.820. The van der Waals surface area contributed by atoms with E-state index in [2.05, 4.69) is 25.2 Å². The molecule has 40 heavy (non-hydrogen) atoms. The lowest BCUT2D eigenvalue weighted by atomic mass is 10.0. The number of rotatable bonds is 6. The molecule has 6 rings (SSSR count). The standard InChI is InChI=1S/C32H30FN5O2/c1-20-13-22(31-34-18-25(19-35-31)38-11-5-2-6-12-38)15-23(14-20)32(40)37-30(26-17-24(33)9-10-29(26)39)28-16-21-7-3-4-8-27(21)36-28/h3-4,7-10,13-19,30,36,39H,2,5-6,11-12H2,1H3,(H,37,40)/t30-/m1/s1. The number of halogens is 1. The van der Waals surface area contributed by atoms with E-state index in [-0.39, 0.29) is 17.2 Å². The molecule has 0 saturated carbocycles. The van der Waals surface area contributed by atoms with Gasteiger partial charge in [-0.05, 0) is 85.7 Å². The van der Waals surface area contributed by atoms with E-state index in [1.807, 2.05) is 55.7 Å². The van der Waals surface area contributed by atoms with Crippen LogP contribution in [-0.2, 0) is 0 Å². The zero-order valence-electron chi connectivity index (χ0n) is 22.2. The number of aromatic amines is 1. The third kappa shape index (κ3) is 5.25. The number of phenols is 1. The lowest BCUT2D eigenvalue weighted by Gasteiger charge is -2.28. The molecule has 3 N–H and O–H groups in total. The molecule has 7 nitrogen and oxygen atoms in total. The topological polar surface area (TPSA) is 94.1 Å². The summed E-state index contributed by atoms with van der Waals surface area (Å²) in [6, 6.07) is 18.0. The van der Waals surface area contributed by atoms with Gasteiger partial charge in [0.05, 0.1) is 24.1 Å². The monoisotopic (exact) mass is 535 g/mol. The Bertz CT molecular complexity index is 1640. The Morgan fingerprint density at radius 1 is 1.00 bits per heavy atom. The van der Waals surface area contributed by atoms with Crippen LogP contribution in [0.4, 0.5) is 10.1 Å². The lowest BCUT2D eigenvalue weighted by molar-refractivity contribution is 0.0942. The van der Waals surface area contributed by atoms with Gasteiger partial charge in [-0.2, -0.15) is 0 Å². The van der Waals surface area contributed by atoms with Crippen LogP contribution in [0.15, 0.2) is 79.1 Å². The molecule has 1 aliphatic rings. The Hall–Kier alpha value is -4.72. The molecule has 3 heterocycles. The molecule has 5 aromatic rings. The molecule has 1 fully saturated rings. The number of amides is 1. The van der Waals surface area contributed by atoms with Gasteiger partial charge in [0, 0.05) is 41.0 Å². The molecule has 2 aromatic heterocycles. The number of nitrogens with one attached hydrogen (secondary N) is 2. The number of para-hydroxylation sites is 1. The minimum absolute atomic E-state index is 0.113. The van der Waals surface area contributed by atoms with E-state index < -0.39 is 11.9 Å². The molecule has 8 heteroatoms. The Morgan fingerprint density at radius 2 is 1.77 bits per heavy atom. The number of piperidine rings is 1. The van der Waals surface area contributed by atoms with Crippen LogP contribution < -0.4 is 10.2 Å². The second kappa shape index (κ2) is 10.8. The van der Waals surface area contributed by atoms with Gasteiger partial charge in [0.2, 0.25) is 0 Å². The summed E-state index contributed by atoms with van der Waals surface area (Å²) in [5.74, 6) is -0.459. The van der Waals surface area contributed by atoms with Gasteiger partial charge in [-0.25, -0.2) is 14.4 Å². The molecule has 3 aromatic carbocycles. The maximum atomic E-state index is 14.3. The van der Waals surface area contributed by atoms with Crippen LogP contribution in [0, 0.1) is 12.7 Å². The third-order valence-corrected chi connectivity index (χ3v) is 7.39. The summed E-state index contributed by atoms with van der Waals surface area (Å²) in [5, 5.41) is 14.6. The number of aryl methyl sites for hydroxylation is 1. The molecule has 1 saturated heterocycles. The number of hydrogen-bond donors (Lipinski definition) is 3. The molecular formula is C32H30FN5O2. The van der Waals surface area contributed by atoms with Gasteiger partial charge in [-0.15, -0.1) is 0 Å². The highest BCUT2D eigenvalue weighted by molar-refractivity contribution is 5.96. The second-order valence-corrected chi connectivity index (χ2v) is 10.3. The number of fused-ring (bicyclic) bond motifs is 1. The molecule has 0 radical (unpaired) electrons. The largest absolute Gasteiger partial charge is 0.508 e. The van der Waals surface area contributed by atoms with Gasteiger partial charge in [0.25, 0.3) is 5.91 Å². The SMILES string of the molecule is Cc1cc(C(=O)N[C@@H](c2cc3ccccc3[nH]2)c2cc(F)ccc2O)cc(-c2ncc(N3CCCCC3)cn2)c1. The molecule has 1 atom stereocenters. The second-order valence-electron chi connectivity index (χ2n) is 10.3. The van der Waals surface area contributed by atoms with Gasteiger partial charge in [-0.3, -0.25) is 4.79 Å². The molecule has 0 aliphatic carbocycles. The van der Waals surface area contributed by atoms with Crippen molar-refractivity contribution in [2.24, 2.45) is 0 Å². The van der Waals surface area contributed by atoms with E-state index in [1.165, 1.54) is 37.5 Å². The summed E-state index contributed by atoms with van der Waals surface area (Å²) < 4.78 is 14.3. The van der Waals surface area contributed by atoms with E-state index in [0.29, 0.717) is 17.1 Å². The van der Waals surface area contributed by atoms with Crippen LogP contribution in [0.25, 0.3) is 22.3 Å². The summed E-state index contributed by atoms with van der Waals surface area (Å²) in [4.78, 5) is 28.5. The summed E-state index contributed by atoms with van der Waals surface area (Å²) in [5.41, 5.74) is 4.77. The van der Waals surface area contributed by atoms with Gasteiger partial charge < -0.3 is 20.3 Å². The van der Waals surface area contributed by atoms with Crippen molar-refractivity contribution in [1.29, 1.82) is 0 Å². The van der Waals surface area contributed by atoms with Gasteiger partial charge >= 0.3 is 0 Å². The third-order valence-electron chi connectivity index (χ3n) is 7.39. The first-order chi connectivity index (χ1) is 19.4. The van der Waals surface area contributed by atoms with Crippen molar-refractivity contribution in [3.05, 3.63) is 107 Å². The quantitative estimate of drug-likeness (QED) is 0.238. The fraction of sp³-hybridized carbons (Fsp3) is 0.219. The minimum Gasteiger partial charge on any atom is -0.508 e. The maximum Gasteiger partial charge on any atom is 0.252 e. The van der Waals surface area contributed by atoms with E-state index in [4.69, 9.17) is 0 Å². The first-order valence-corrected chi connectivity index (χ1v) is 13.5. The molecular weight excluding hydrogens is 505 g/mol. The Morgan fingerprint density at radius 3 is 2.55 bits per heavy atom.